The summed E-state index contributed by atoms with van der Waals surface area (Å²) in [6.07, 6.45) is 14.3. The summed E-state index contributed by atoms with van der Waals surface area (Å²) in [4.78, 5) is 15.3. The van der Waals surface area contributed by atoms with E-state index in [1.807, 2.05) is 6.07 Å². The molecule has 0 radical (unpaired) electrons. The zero-order valence-electron chi connectivity index (χ0n) is 21.0. The van der Waals surface area contributed by atoms with E-state index in [0.717, 1.165) is 43.1 Å². The van der Waals surface area contributed by atoms with Gasteiger partial charge in [-0.25, -0.2) is 0 Å². The molecule has 188 valence electrons. The van der Waals surface area contributed by atoms with Crippen molar-refractivity contribution in [2.45, 2.75) is 89.1 Å². The second kappa shape index (κ2) is 11.4. The highest BCUT2D eigenvalue weighted by atomic mass is 16.7. The Morgan fingerprint density at radius 3 is 2.44 bits per heavy atom. The number of nitrogens with zero attached hydrogens (tertiary/aromatic N) is 1. The van der Waals surface area contributed by atoms with Crippen LogP contribution in [-0.4, -0.2) is 50.3 Å². The Morgan fingerprint density at radius 2 is 1.68 bits per heavy atom. The number of hydrogen-bond acceptors (Lipinski definition) is 5. The molecule has 5 heteroatoms. The molecule has 0 spiro atoms. The number of methoxy groups -OCH3 is 1. The van der Waals surface area contributed by atoms with Crippen LogP contribution in [0.2, 0.25) is 0 Å². The molecular weight excluding hydrogens is 426 g/mol. The Balaban J connectivity index is 0.973. The SMILES string of the molecule is CO[C@@H]1CC[C@@H](CC(=O)CC2CCC(CCN3CCC(c4cccc5c4OCO5)CC3)CC2)C1. The van der Waals surface area contributed by atoms with Crippen LogP contribution >= 0.6 is 0 Å². The molecule has 0 aromatic heterocycles. The number of ether oxygens (including phenoxy) is 3. The number of Topliss-reactive ketones (excluding diaryl/α,β-unsaturated/α-hetero) is 1. The molecule has 0 unspecified atom stereocenters. The van der Waals surface area contributed by atoms with Gasteiger partial charge < -0.3 is 19.1 Å². The third-order valence-electron chi connectivity index (χ3n) is 9.13. The van der Waals surface area contributed by atoms with Crippen molar-refractivity contribution in [2.24, 2.45) is 17.8 Å². The van der Waals surface area contributed by atoms with Crippen molar-refractivity contribution in [1.82, 2.24) is 4.90 Å². The van der Waals surface area contributed by atoms with Crippen LogP contribution in [-0.2, 0) is 9.53 Å². The van der Waals surface area contributed by atoms with Crippen LogP contribution < -0.4 is 9.47 Å². The average Bonchev–Trinajstić information content (AvgIpc) is 3.53. The van der Waals surface area contributed by atoms with Gasteiger partial charge in [0.25, 0.3) is 0 Å². The average molecular weight is 470 g/mol. The molecule has 2 atom stereocenters. The van der Waals surface area contributed by atoms with Crippen LogP contribution in [0.1, 0.15) is 88.5 Å². The molecule has 0 N–H and O–H groups in total. The molecule has 2 saturated carbocycles. The number of fused-ring (bicyclic) bond motifs is 1. The van der Waals surface area contributed by atoms with Gasteiger partial charge in [0.1, 0.15) is 5.78 Å². The Bertz CT molecular complexity index is 810. The predicted octanol–water partition coefficient (Wildman–Crippen LogP) is 5.96. The van der Waals surface area contributed by atoms with Crippen molar-refractivity contribution in [1.29, 1.82) is 0 Å². The lowest BCUT2D eigenvalue weighted by molar-refractivity contribution is -0.121. The fraction of sp³-hybridized carbons (Fsp3) is 0.759. The maximum absolute atomic E-state index is 12.6. The fourth-order valence-electron chi connectivity index (χ4n) is 6.99. The molecule has 34 heavy (non-hydrogen) atoms. The number of carbonyl (C=O) groups excluding carboxylic acids is 1. The Labute approximate surface area is 205 Å². The zero-order valence-corrected chi connectivity index (χ0v) is 21.0. The minimum atomic E-state index is 0.358. The summed E-state index contributed by atoms with van der Waals surface area (Å²) in [7, 11) is 1.80. The van der Waals surface area contributed by atoms with Gasteiger partial charge in [0, 0.05) is 25.5 Å². The second-order valence-electron chi connectivity index (χ2n) is 11.4. The predicted molar refractivity (Wildman–Crippen MR) is 133 cm³/mol. The van der Waals surface area contributed by atoms with Crippen molar-refractivity contribution >= 4 is 5.78 Å². The number of benzene rings is 1. The van der Waals surface area contributed by atoms with Gasteiger partial charge in [0.15, 0.2) is 11.5 Å². The summed E-state index contributed by atoms with van der Waals surface area (Å²) in [5, 5.41) is 0. The van der Waals surface area contributed by atoms with Gasteiger partial charge in [-0.1, -0.05) is 25.0 Å². The molecule has 4 aliphatic rings. The lowest BCUT2D eigenvalue weighted by Crippen LogP contribution is -2.34. The number of ketones is 1. The number of carbonyl (C=O) groups is 1. The highest BCUT2D eigenvalue weighted by molar-refractivity contribution is 5.78. The normalized spacial score (nSPS) is 30.0. The second-order valence-corrected chi connectivity index (χ2v) is 11.4. The van der Waals surface area contributed by atoms with Gasteiger partial charge >= 0.3 is 0 Å². The molecule has 1 aromatic rings. The smallest absolute Gasteiger partial charge is 0.231 e. The molecule has 5 nitrogen and oxygen atoms in total. The quantitative estimate of drug-likeness (QED) is 0.447. The van der Waals surface area contributed by atoms with Gasteiger partial charge in [-0.05, 0) is 101 Å². The summed E-state index contributed by atoms with van der Waals surface area (Å²) < 4.78 is 16.8. The largest absolute Gasteiger partial charge is 0.454 e. The standard InChI is InChI=1S/C29H43NO4/c1-32-26-10-9-23(19-26)18-25(31)17-22-7-5-21(6-8-22)11-14-30-15-12-24(13-16-30)27-3-2-4-28-29(27)34-20-33-28/h2-4,21-24,26H,5-20H2,1H3/t21?,22?,23-,26+/m0/s1. The first-order valence-electron chi connectivity index (χ1n) is 13.8. The first-order chi connectivity index (χ1) is 16.7. The number of rotatable bonds is 9. The third kappa shape index (κ3) is 5.96. The lowest BCUT2D eigenvalue weighted by atomic mass is 9.78. The number of likely N-dealkylation sites (tertiary alicyclic amines) is 1. The minimum absolute atomic E-state index is 0.358. The van der Waals surface area contributed by atoms with E-state index >= 15 is 0 Å². The molecule has 2 heterocycles. The van der Waals surface area contributed by atoms with Crippen LogP contribution in [0.3, 0.4) is 0 Å². The Morgan fingerprint density at radius 1 is 0.941 bits per heavy atom. The van der Waals surface area contributed by atoms with Gasteiger partial charge in [-0.15, -0.1) is 0 Å². The zero-order chi connectivity index (χ0) is 23.3. The number of piperidine rings is 1. The highest BCUT2D eigenvalue weighted by Crippen LogP contribution is 2.42. The van der Waals surface area contributed by atoms with Gasteiger partial charge in [0.2, 0.25) is 6.79 Å². The molecule has 2 aliphatic carbocycles. The van der Waals surface area contributed by atoms with Crippen LogP contribution in [0, 0.1) is 17.8 Å². The number of para-hydroxylation sites is 1. The Hall–Kier alpha value is -1.59. The van der Waals surface area contributed by atoms with E-state index in [0.29, 0.717) is 36.4 Å². The van der Waals surface area contributed by atoms with E-state index in [1.165, 1.54) is 76.6 Å². The van der Waals surface area contributed by atoms with Crippen molar-refractivity contribution in [3.8, 4) is 11.5 Å². The topological polar surface area (TPSA) is 48.0 Å². The summed E-state index contributed by atoms with van der Waals surface area (Å²) in [5.74, 6) is 5.05. The van der Waals surface area contributed by atoms with E-state index < -0.39 is 0 Å². The monoisotopic (exact) mass is 469 g/mol. The first kappa shape index (κ1) is 24.1. The van der Waals surface area contributed by atoms with Crippen molar-refractivity contribution < 1.29 is 19.0 Å². The van der Waals surface area contributed by atoms with Crippen molar-refractivity contribution in [2.75, 3.05) is 33.5 Å². The van der Waals surface area contributed by atoms with E-state index in [4.69, 9.17) is 14.2 Å². The van der Waals surface area contributed by atoms with Gasteiger partial charge in [-0.3, -0.25) is 4.79 Å². The van der Waals surface area contributed by atoms with Crippen molar-refractivity contribution in [3.63, 3.8) is 0 Å². The van der Waals surface area contributed by atoms with E-state index in [2.05, 4.69) is 17.0 Å². The van der Waals surface area contributed by atoms with Crippen LogP contribution in [0.4, 0.5) is 0 Å². The van der Waals surface area contributed by atoms with E-state index in [1.54, 1.807) is 7.11 Å². The van der Waals surface area contributed by atoms with E-state index in [9.17, 15) is 4.79 Å². The molecular formula is C29H43NO4. The van der Waals surface area contributed by atoms with Crippen LogP contribution in [0.25, 0.3) is 0 Å². The molecule has 3 fully saturated rings. The molecule has 1 aromatic carbocycles. The van der Waals surface area contributed by atoms with Gasteiger partial charge in [-0.2, -0.15) is 0 Å². The minimum Gasteiger partial charge on any atom is -0.454 e. The fourth-order valence-corrected chi connectivity index (χ4v) is 6.99. The summed E-state index contributed by atoms with van der Waals surface area (Å²) in [5.41, 5.74) is 1.34. The summed E-state index contributed by atoms with van der Waals surface area (Å²) >= 11 is 0. The molecule has 1 saturated heterocycles. The molecule has 0 bridgehead atoms. The van der Waals surface area contributed by atoms with Gasteiger partial charge in [0.05, 0.1) is 6.10 Å². The van der Waals surface area contributed by atoms with Crippen LogP contribution in [0.5, 0.6) is 11.5 Å². The molecule has 5 rings (SSSR count). The highest BCUT2D eigenvalue weighted by Gasteiger charge is 2.30. The van der Waals surface area contributed by atoms with Crippen molar-refractivity contribution in [3.05, 3.63) is 23.8 Å². The first-order valence-corrected chi connectivity index (χ1v) is 13.8. The van der Waals surface area contributed by atoms with Crippen LogP contribution in [0.15, 0.2) is 18.2 Å². The number of hydrogen-bond donors (Lipinski definition) is 0. The Kier molecular flexibility index (Phi) is 8.11. The summed E-state index contributed by atoms with van der Waals surface area (Å²) in [6.45, 7) is 3.96. The maximum Gasteiger partial charge on any atom is 0.231 e. The third-order valence-corrected chi connectivity index (χ3v) is 9.13. The lowest BCUT2D eigenvalue weighted by Gasteiger charge is -2.34. The summed E-state index contributed by atoms with van der Waals surface area (Å²) in [6, 6.07) is 6.34. The molecule has 2 aliphatic heterocycles. The molecule has 0 amide bonds. The van der Waals surface area contributed by atoms with E-state index in [-0.39, 0.29) is 0 Å². The maximum atomic E-state index is 12.6.